The van der Waals surface area contributed by atoms with Gasteiger partial charge in [-0.25, -0.2) is 4.98 Å². The van der Waals surface area contributed by atoms with Crippen molar-refractivity contribution in [3.63, 3.8) is 0 Å². The molecule has 0 aliphatic heterocycles. The lowest BCUT2D eigenvalue weighted by Gasteiger charge is -2.23. The van der Waals surface area contributed by atoms with Crippen LogP contribution in [0.25, 0.3) is 45.4 Å². The summed E-state index contributed by atoms with van der Waals surface area (Å²) in [6.45, 7) is 4.68. The highest BCUT2D eigenvalue weighted by Gasteiger charge is 2.16. The number of para-hydroxylation sites is 2. The zero-order valence-electron chi connectivity index (χ0n) is 27.6. The summed E-state index contributed by atoms with van der Waals surface area (Å²) in [4.78, 5) is 39.8. The standard InChI is InChI=1S/C41H34N4O4S/c1-3-35(48-27-46)19-29-15-17-42-37(21-29)39-22-30(20-36(4-2)49-28-47)23-40(44-39)38-24-31(16-18-43-38)41-25-34(26-50-41)45(32-11-7-5-8-12-32)33-13-9-6-10-14-33/h5-28H,3-4H2,1-2H3/b35-19+,36-20+. The van der Waals surface area contributed by atoms with E-state index in [0.717, 1.165) is 38.6 Å². The maximum atomic E-state index is 11.2. The van der Waals surface area contributed by atoms with Crippen LogP contribution in [0.3, 0.4) is 0 Å². The minimum Gasteiger partial charge on any atom is -0.433 e. The van der Waals surface area contributed by atoms with Crippen molar-refractivity contribution in [3.05, 3.63) is 144 Å². The van der Waals surface area contributed by atoms with Crippen LogP contribution in [0.4, 0.5) is 17.1 Å². The molecule has 0 aliphatic rings. The molecular weight excluding hydrogens is 645 g/mol. The van der Waals surface area contributed by atoms with Gasteiger partial charge in [0.05, 0.1) is 28.5 Å². The minimum atomic E-state index is 0.425. The smallest absolute Gasteiger partial charge is 0.298 e. The van der Waals surface area contributed by atoms with Gasteiger partial charge in [-0.15, -0.1) is 11.3 Å². The molecule has 0 bridgehead atoms. The third-order valence-corrected chi connectivity index (χ3v) is 8.79. The predicted octanol–water partition coefficient (Wildman–Crippen LogP) is 10.3. The van der Waals surface area contributed by atoms with Gasteiger partial charge in [0.25, 0.3) is 12.9 Å². The van der Waals surface area contributed by atoms with Gasteiger partial charge in [0.1, 0.15) is 11.5 Å². The van der Waals surface area contributed by atoms with Crippen molar-refractivity contribution in [2.45, 2.75) is 26.7 Å². The Kier molecular flexibility index (Phi) is 11.0. The van der Waals surface area contributed by atoms with Gasteiger partial charge in [0, 0.05) is 46.9 Å². The third-order valence-electron chi connectivity index (χ3n) is 7.82. The molecule has 50 heavy (non-hydrogen) atoms. The average molecular weight is 679 g/mol. The van der Waals surface area contributed by atoms with E-state index in [9.17, 15) is 9.59 Å². The lowest BCUT2D eigenvalue weighted by Crippen LogP contribution is -2.08. The highest BCUT2D eigenvalue weighted by atomic mass is 32.1. The summed E-state index contributed by atoms with van der Waals surface area (Å²) in [6, 6.07) is 34.4. The number of nitrogens with zero attached hydrogens (tertiary/aromatic N) is 4. The number of ether oxygens (including phenoxy) is 2. The van der Waals surface area contributed by atoms with Crippen LogP contribution in [0.2, 0.25) is 0 Å². The Morgan fingerprint density at radius 3 is 1.76 bits per heavy atom. The van der Waals surface area contributed by atoms with Crippen molar-refractivity contribution < 1.29 is 19.1 Å². The van der Waals surface area contributed by atoms with Crippen molar-refractivity contribution in [3.8, 4) is 33.2 Å². The number of aromatic nitrogens is 3. The molecule has 0 fully saturated rings. The second-order valence-electron chi connectivity index (χ2n) is 11.1. The molecule has 9 heteroatoms. The summed E-state index contributed by atoms with van der Waals surface area (Å²) in [7, 11) is 0. The maximum Gasteiger partial charge on any atom is 0.298 e. The number of pyridine rings is 3. The molecule has 2 aromatic carbocycles. The first-order chi connectivity index (χ1) is 24.6. The largest absolute Gasteiger partial charge is 0.433 e. The Morgan fingerprint density at radius 2 is 1.18 bits per heavy atom. The number of anilines is 3. The van der Waals surface area contributed by atoms with E-state index in [1.54, 1.807) is 29.8 Å². The lowest BCUT2D eigenvalue weighted by molar-refractivity contribution is -0.126. The van der Waals surface area contributed by atoms with Crippen molar-refractivity contribution in [1.29, 1.82) is 0 Å². The first-order valence-corrected chi connectivity index (χ1v) is 17.0. The normalized spacial score (nSPS) is 11.6. The fraction of sp³-hybridized carbons (Fsp3) is 0.0976. The van der Waals surface area contributed by atoms with Gasteiger partial charge < -0.3 is 14.4 Å². The van der Waals surface area contributed by atoms with Crippen molar-refractivity contribution >= 4 is 53.5 Å². The topological polar surface area (TPSA) is 94.5 Å². The van der Waals surface area contributed by atoms with Crippen molar-refractivity contribution in [2.24, 2.45) is 0 Å². The number of allylic oxidation sites excluding steroid dienone is 2. The summed E-state index contributed by atoms with van der Waals surface area (Å²) in [6.07, 6.45) is 8.17. The first-order valence-electron chi connectivity index (χ1n) is 16.1. The fourth-order valence-electron chi connectivity index (χ4n) is 5.43. The number of carbonyl (C=O) groups is 2. The number of hydrogen-bond donors (Lipinski definition) is 0. The van der Waals surface area contributed by atoms with Gasteiger partial charge in [0.2, 0.25) is 0 Å². The molecular formula is C41H34N4O4S. The highest BCUT2D eigenvalue weighted by molar-refractivity contribution is 7.14. The van der Waals surface area contributed by atoms with Crippen LogP contribution >= 0.6 is 11.3 Å². The summed E-state index contributed by atoms with van der Waals surface area (Å²) in [5.41, 5.74) is 8.31. The summed E-state index contributed by atoms with van der Waals surface area (Å²) in [5.74, 6) is 1.05. The lowest BCUT2D eigenvalue weighted by atomic mass is 10.1. The van der Waals surface area contributed by atoms with Gasteiger partial charge in [0.15, 0.2) is 0 Å². The molecule has 6 aromatic rings. The second kappa shape index (κ2) is 16.3. The van der Waals surface area contributed by atoms with Crippen LogP contribution in [0, 0.1) is 0 Å². The van der Waals surface area contributed by atoms with E-state index >= 15 is 0 Å². The Balaban J connectivity index is 1.41. The van der Waals surface area contributed by atoms with E-state index in [1.165, 1.54) is 0 Å². The highest BCUT2D eigenvalue weighted by Crippen LogP contribution is 2.40. The molecule has 6 rings (SSSR count). The molecule has 4 heterocycles. The Bertz CT molecular complexity index is 2110. The van der Waals surface area contributed by atoms with Crippen LogP contribution in [0.1, 0.15) is 37.8 Å². The quantitative estimate of drug-likeness (QED) is 0.0830. The van der Waals surface area contributed by atoms with E-state index in [0.29, 0.717) is 60.1 Å². The number of carbonyl (C=O) groups excluding carboxylic acids is 2. The van der Waals surface area contributed by atoms with E-state index in [1.807, 2.05) is 92.7 Å². The number of benzene rings is 2. The third kappa shape index (κ3) is 8.08. The van der Waals surface area contributed by atoms with Crippen molar-refractivity contribution in [2.75, 3.05) is 4.90 Å². The maximum absolute atomic E-state index is 11.2. The monoisotopic (exact) mass is 678 g/mol. The van der Waals surface area contributed by atoms with Gasteiger partial charge in [-0.2, -0.15) is 0 Å². The van der Waals surface area contributed by atoms with Gasteiger partial charge >= 0.3 is 0 Å². The van der Waals surface area contributed by atoms with E-state index in [-0.39, 0.29) is 0 Å². The van der Waals surface area contributed by atoms with Crippen LogP contribution < -0.4 is 4.90 Å². The SMILES string of the molecule is CC/C(=C\c1ccnc(-c2cc(/C=C(\CC)OC=O)cc(-c3cc(-c4cc(N(c5ccccc5)c5ccccc5)cs4)ccn3)n2)c1)OC=O. The summed E-state index contributed by atoms with van der Waals surface area (Å²) < 4.78 is 10.3. The van der Waals surface area contributed by atoms with Gasteiger partial charge in [-0.05, 0) is 95.6 Å². The second-order valence-corrected chi connectivity index (χ2v) is 12.0. The molecule has 0 saturated heterocycles. The molecule has 4 aromatic heterocycles. The zero-order chi connectivity index (χ0) is 34.7. The van der Waals surface area contributed by atoms with E-state index < -0.39 is 0 Å². The molecule has 0 spiro atoms. The van der Waals surface area contributed by atoms with Crippen LogP contribution in [0.15, 0.2) is 132 Å². The molecule has 0 radical (unpaired) electrons. The number of thiophene rings is 1. The van der Waals surface area contributed by atoms with Crippen LogP contribution in [-0.4, -0.2) is 27.9 Å². The Labute approximate surface area is 295 Å². The van der Waals surface area contributed by atoms with Crippen LogP contribution in [-0.2, 0) is 19.1 Å². The zero-order valence-corrected chi connectivity index (χ0v) is 28.4. The molecule has 0 unspecified atom stereocenters. The minimum absolute atomic E-state index is 0.425. The molecule has 0 N–H and O–H groups in total. The Morgan fingerprint density at radius 1 is 0.640 bits per heavy atom. The molecule has 0 amide bonds. The van der Waals surface area contributed by atoms with E-state index in [2.05, 4.69) is 45.6 Å². The average Bonchev–Trinajstić information content (AvgIpc) is 3.65. The van der Waals surface area contributed by atoms with Gasteiger partial charge in [-0.1, -0.05) is 50.2 Å². The molecule has 0 atom stereocenters. The molecule has 8 nitrogen and oxygen atoms in total. The summed E-state index contributed by atoms with van der Waals surface area (Å²) >= 11 is 1.66. The van der Waals surface area contributed by atoms with Crippen LogP contribution in [0.5, 0.6) is 0 Å². The van der Waals surface area contributed by atoms with Crippen molar-refractivity contribution in [1.82, 2.24) is 15.0 Å². The predicted molar refractivity (Wildman–Crippen MR) is 200 cm³/mol. The molecule has 248 valence electrons. The Hall–Kier alpha value is -6.19. The molecule has 0 saturated carbocycles. The fourth-order valence-corrected chi connectivity index (χ4v) is 6.30. The van der Waals surface area contributed by atoms with Gasteiger partial charge in [-0.3, -0.25) is 19.6 Å². The van der Waals surface area contributed by atoms with E-state index in [4.69, 9.17) is 19.4 Å². The summed E-state index contributed by atoms with van der Waals surface area (Å²) in [5, 5.41) is 2.16. The first kappa shape index (κ1) is 33.7. The molecule has 0 aliphatic carbocycles. The number of rotatable bonds is 14. The number of hydrogen-bond acceptors (Lipinski definition) is 9.